The number of aromatic nitrogens is 2. The van der Waals surface area contributed by atoms with Crippen LogP contribution in [-0.4, -0.2) is 29.4 Å². The van der Waals surface area contributed by atoms with Crippen molar-refractivity contribution in [3.63, 3.8) is 0 Å². The van der Waals surface area contributed by atoms with Crippen LogP contribution in [-0.2, 0) is 0 Å². The SMILES string of the molecule is CCOc1cc(/C=N\Nc2nc(C(C)C)cc(=O)[nH]2)cc(Br)c1OCC. The van der Waals surface area contributed by atoms with Crippen LogP contribution >= 0.6 is 15.9 Å². The molecule has 0 aliphatic rings. The number of ether oxygens (including phenoxy) is 2. The van der Waals surface area contributed by atoms with Crippen LogP contribution in [0.5, 0.6) is 11.5 Å². The molecule has 0 atom stereocenters. The number of nitrogens with one attached hydrogen (secondary N) is 2. The van der Waals surface area contributed by atoms with E-state index in [1.54, 1.807) is 6.21 Å². The van der Waals surface area contributed by atoms with E-state index in [9.17, 15) is 4.79 Å². The number of hydrogen-bond donors (Lipinski definition) is 2. The highest BCUT2D eigenvalue weighted by Gasteiger charge is 2.11. The average molecular weight is 423 g/mol. The van der Waals surface area contributed by atoms with Crippen LogP contribution in [0.25, 0.3) is 0 Å². The van der Waals surface area contributed by atoms with E-state index in [-0.39, 0.29) is 11.5 Å². The van der Waals surface area contributed by atoms with Gasteiger partial charge in [-0.3, -0.25) is 9.78 Å². The zero-order valence-electron chi connectivity index (χ0n) is 15.3. The molecule has 2 N–H and O–H groups in total. The van der Waals surface area contributed by atoms with Crippen LogP contribution in [0.1, 0.15) is 44.9 Å². The van der Waals surface area contributed by atoms with Gasteiger partial charge >= 0.3 is 0 Å². The summed E-state index contributed by atoms with van der Waals surface area (Å²) in [4.78, 5) is 18.6. The van der Waals surface area contributed by atoms with E-state index in [0.717, 1.165) is 10.0 Å². The van der Waals surface area contributed by atoms with E-state index in [2.05, 4.69) is 36.4 Å². The lowest BCUT2D eigenvalue weighted by molar-refractivity contribution is 0.286. The molecule has 1 aromatic carbocycles. The molecular formula is C18H23BrN4O3. The molecule has 0 fully saturated rings. The minimum Gasteiger partial charge on any atom is -0.490 e. The van der Waals surface area contributed by atoms with Gasteiger partial charge in [-0.15, -0.1) is 0 Å². The van der Waals surface area contributed by atoms with Crippen molar-refractivity contribution < 1.29 is 9.47 Å². The lowest BCUT2D eigenvalue weighted by Gasteiger charge is -2.13. The van der Waals surface area contributed by atoms with Crippen molar-refractivity contribution in [3.05, 3.63) is 44.3 Å². The molecule has 0 aliphatic heterocycles. The lowest BCUT2D eigenvalue weighted by Crippen LogP contribution is -2.12. The molecule has 0 radical (unpaired) electrons. The Morgan fingerprint density at radius 2 is 2.00 bits per heavy atom. The number of benzene rings is 1. The van der Waals surface area contributed by atoms with Gasteiger partial charge in [0.25, 0.3) is 5.56 Å². The fourth-order valence-electron chi connectivity index (χ4n) is 2.20. The van der Waals surface area contributed by atoms with E-state index in [1.165, 1.54) is 6.07 Å². The van der Waals surface area contributed by atoms with Crippen molar-refractivity contribution in [2.75, 3.05) is 18.6 Å². The number of aromatic amines is 1. The summed E-state index contributed by atoms with van der Waals surface area (Å²) < 4.78 is 12.0. The summed E-state index contributed by atoms with van der Waals surface area (Å²) in [5.74, 6) is 1.75. The lowest BCUT2D eigenvalue weighted by atomic mass is 10.1. The number of rotatable bonds is 8. The fourth-order valence-corrected chi connectivity index (χ4v) is 2.78. The fraction of sp³-hybridized carbons (Fsp3) is 0.389. The van der Waals surface area contributed by atoms with Gasteiger partial charge in [-0.2, -0.15) is 5.10 Å². The van der Waals surface area contributed by atoms with Crippen molar-refractivity contribution in [2.45, 2.75) is 33.6 Å². The first-order valence-electron chi connectivity index (χ1n) is 8.44. The number of hydrazone groups is 1. The number of hydrogen-bond acceptors (Lipinski definition) is 6. The molecule has 1 heterocycles. The largest absolute Gasteiger partial charge is 0.490 e. The normalized spacial score (nSPS) is 11.2. The molecular weight excluding hydrogens is 400 g/mol. The maximum Gasteiger partial charge on any atom is 0.252 e. The summed E-state index contributed by atoms with van der Waals surface area (Å²) in [5, 5.41) is 4.15. The van der Waals surface area contributed by atoms with Crippen molar-refractivity contribution >= 4 is 28.1 Å². The summed E-state index contributed by atoms with van der Waals surface area (Å²) in [6, 6.07) is 5.20. The molecule has 0 bridgehead atoms. The average Bonchev–Trinajstić information content (AvgIpc) is 2.57. The zero-order chi connectivity index (χ0) is 19.1. The van der Waals surface area contributed by atoms with E-state index in [4.69, 9.17) is 9.47 Å². The Kier molecular flexibility index (Phi) is 7.20. The molecule has 2 rings (SSSR count). The summed E-state index contributed by atoms with van der Waals surface area (Å²) in [7, 11) is 0. The minimum atomic E-state index is -0.219. The van der Waals surface area contributed by atoms with Crippen LogP contribution < -0.4 is 20.5 Å². The molecule has 0 aliphatic carbocycles. The minimum absolute atomic E-state index is 0.151. The van der Waals surface area contributed by atoms with E-state index >= 15 is 0 Å². The molecule has 0 unspecified atom stereocenters. The third-order valence-electron chi connectivity index (χ3n) is 3.36. The first-order chi connectivity index (χ1) is 12.4. The molecule has 0 saturated carbocycles. The summed E-state index contributed by atoms with van der Waals surface area (Å²) in [6.45, 7) is 8.84. The first-order valence-corrected chi connectivity index (χ1v) is 9.23. The second-order valence-corrected chi connectivity index (χ2v) is 6.59. The summed E-state index contributed by atoms with van der Waals surface area (Å²) in [6.07, 6.45) is 1.62. The van der Waals surface area contributed by atoms with Crippen LogP contribution in [0.4, 0.5) is 5.95 Å². The summed E-state index contributed by atoms with van der Waals surface area (Å²) >= 11 is 3.49. The Bertz CT molecular complexity index is 834. The summed E-state index contributed by atoms with van der Waals surface area (Å²) in [5.41, 5.74) is 4.04. The van der Waals surface area contributed by atoms with Gasteiger partial charge in [-0.25, -0.2) is 10.4 Å². The van der Waals surface area contributed by atoms with Crippen molar-refractivity contribution in [1.82, 2.24) is 9.97 Å². The van der Waals surface area contributed by atoms with Crippen LogP contribution in [0.15, 0.2) is 32.6 Å². The molecule has 7 nitrogen and oxygen atoms in total. The Morgan fingerprint density at radius 1 is 1.27 bits per heavy atom. The second-order valence-electron chi connectivity index (χ2n) is 5.74. The molecule has 8 heteroatoms. The Labute approximate surface area is 161 Å². The van der Waals surface area contributed by atoms with Crippen LogP contribution in [0.2, 0.25) is 0 Å². The maximum absolute atomic E-state index is 11.7. The van der Waals surface area contributed by atoms with Gasteiger partial charge in [0, 0.05) is 6.07 Å². The number of halogens is 1. The standard InChI is InChI=1S/C18H23BrN4O3/c1-5-25-15-8-12(7-13(19)17(15)26-6-2)10-20-23-18-21-14(11(3)4)9-16(24)22-18/h7-11H,5-6H2,1-4H3,(H2,21,22,23,24)/b20-10-. The highest BCUT2D eigenvalue weighted by Crippen LogP contribution is 2.36. The Balaban J connectivity index is 2.21. The van der Waals surface area contributed by atoms with E-state index in [1.807, 2.05) is 39.8 Å². The van der Waals surface area contributed by atoms with Crippen molar-refractivity contribution in [3.8, 4) is 11.5 Å². The molecule has 0 saturated heterocycles. The van der Waals surface area contributed by atoms with Crippen LogP contribution in [0.3, 0.4) is 0 Å². The molecule has 0 amide bonds. The number of H-pyrrole nitrogens is 1. The van der Waals surface area contributed by atoms with Crippen molar-refractivity contribution in [1.29, 1.82) is 0 Å². The van der Waals surface area contributed by atoms with Crippen molar-refractivity contribution in [2.24, 2.45) is 5.10 Å². The van der Waals surface area contributed by atoms with Gasteiger partial charge in [-0.1, -0.05) is 13.8 Å². The third-order valence-corrected chi connectivity index (χ3v) is 3.95. The Hall–Kier alpha value is -2.35. The van der Waals surface area contributed by atoms with Gasteiger partial charge in [0.15, 0.2) is 11.5 Å². The molecule has 140 valence electrons. The van der Waals surface area contributed by atoms with Gasteiger partial charge in [0.2, 0.25) is 5.95 Å². The maximum atomic E-state index is 11.7. The highest BCUT2D eigenvalue weighted by atomic mass is 79.9. The van der Waals surface area contributed by atoms with Gasteiger partial charge in [0.1, 0.15) is 0 Å². The smallest absolute Gasteiger partial charge is 0.252 e. The van der Waals surface area contributed by atoms with Crippen LogP contribution in [0, 0.1) is 0 Å². The van der Waals surface area contributed by atoms with E-state index < -0.39 is 0 Å². The molecule has 26 heavy (non-hydrogen) atoms. The monoisotopic (exact) mass is 422 g/mol. The predicted molar refractivity (Wildman–Crippen MR) is 107 cm³/mol. The molecule has 2 aromatic rings. The van der Waals surface area contributed by atoms with Gasteiger partial charge < -0.3 is 9.47 Å². The zero-order valence-corrected chi connectivity index (χ0v) is 16.9. The Morgan fingerprint density at radius 3 is 2.65 bits per heavy atom. The topological polar surface area (TPSA) is 88.6 Å². The van der Waals surface area contributed by atoms with Gasteiger partial charge in [-0.05, 0) is 53.4 Å². The van der Waals surface area contributed by atoms with E-state index in [0.29, 0.717) is 36.4 Å². The quantitative estimate of drug-likeness (QED) is 0.497. The van der Waals surface area contributed by atoms with Gasteiger partial charge in [0.05, 0.1) is 29.6 Å². The number of nitrogens with zero attached hydrogens (tertiary/aromatic N) is 2. The first kappa shape index (κ1) is 20.0. The molecule has 1 aromatic heterocycles. The highest BCUT2D eigenvalue weighted by molar-refractivity contribution is 9.10. The third kappa shape index (κ3) is 5.32. The number of anilines is 1. The molecule has 0 spiro atoms. The predicted octanol–water partition coefficient (Wildman–Crippen LogP) is 3.90. The second kappa shape index (κ2) is 9.38.